The molecule has 0 aromatic rings. The van der Waals surface area contributed by atoms with E-state index < -0.39 is 0 Å². The van der Waals surface area contributed by atoms with E-state index in [0.717, 1.165) is 0 Å². The molecule has 1 atom stereocenters. The van der Waals surface area contributed by atoms with Gasteiger partial charge in [0.15, 0.2) is 0 Å². The molecular weight excluding hydrogens is 116 g/mol. The van der Waals surface area contributed by atoms with Crippen LogP contribution < -0.4 is 5.73 Å². The maximum absolute atomic E-state index is 10.9. The Morgan fingerprint density at radius 2 is 2.11 bits per heavy atom. The van der Waals surface area contributed by atoms with Gasteiger partial charge in [-0.3, -0.25) is 4.79 Å². The zero-order valence-electron chi connectivity index (χ0n) is 6.22. The van der Waals surface area contributed by atoms with Gasteiger partial charge in [0, 0.05) is 14.1 Å². The Kier molecular flexibility index (Phi) is 3.24. The van der Waals surface area contributed by atoms with Crippen molar-refractivity contribution in [3.8, 4) is 0 Å². The van der Waals surface area contributed by atoms with Crippen LogP contribution >= 0.6 is 0 Å². The lowest BCUT2D eigenvalue weighted by atomic mass is 10.2. The second-order valence-corrected chi connectivity index (χ2v) is 2.25. The third-order valence-electron chi connectivity index (χ3n) is 1.20. The van der Waals surface area contributed by atoms with Gasteiger partial charge >= 0.3 is 0 Å². The van der Waals surface area contributed by atoms with Crippen molar-refractivity contribution in [2.24, 2.45) is 5.73 Å². The van der Waals surface area contributed by atoms with E-state index in [0.29, 0.717) is 6.42 Å². The molecule has 0 saturated carbocycles. The molecule has 2 N–H and O–H groups in total. The van der Waals surface area contributed by atoms with Crippen LogP contribution in [0.5, 0.6) is 0 Å². The number of nitrogens with zero attached hydrogens (tertiary/aromatic N) is 1. The summed E-state index contributed by atoms with van der Waals surface area (Å²) in [7, 11) is 3.41. The first-order valence-electron chi connectivity index (χ1n) is 3.06. The molecule has 3 heteroatoms. The number of hydrogen-bond donors (Lipinski definition) is 1. The zero-order chi connectivity index (χ0) is 7.44. The topological polar surface area (TPSA) is 46.3 Å². The minimum absolute atomic E-state index is 0.00231. The molecular formula is C6H14N2O. The van der Waals surface area contributed by atoms with Crippen LogP contribution in [-0.4, -0.2) is 30.9 Å². The van der Waals surface area contributed by atoms with Crippen LogP contribution in [0, 0.1) is 0 Å². The molecule has 0 aliphatic carbocycles. The molecule has 0 unspecified atom stereocenters. The molecule has 0 aromatic heterocycles. The van der Waals surface area contributed by atoms with Crippen molar-refractivity contribution in [1.82, 2.24) is 4.90 Å². The highest BCUT2D eigenvalue weighted by Crippen LogP contribution is 1.89. The summed E-state index contributed by atoms with van der Waals surface area (Å²) in [5, 5.41) is 0. The first-order chi connectivity index (χ1) is 4.09. The lowest BCUT2D eigenvalue weighted by molar-refractivity contribution is -0.130. The van der Waals surface area contributed by atoms with Crippen molar-refractivity contribution in [1.29, 1.82) is 0 Å². The van der Waals surface area contributed by atoms with E-state index in [4.69, 9.17) is 5.73 Å². The average Bonchev–Trinajstić information content (AvgIpc) is 1.84. The van der Waals surface area contributed by atoms with Gasteiger partial charge in [-0.25, -0.2) is 0 Å². The van der Waals surface area contributed by atoms with Crippen LogP contribution in [0.15, 0.2) is 0 Å². The Morgan fingerprint density at radius 3 is 2.22 bits per heavy atom. The predicted molar refractivity (Wildman–Crippen MR) is 37.0 cm³/mol. The van der Waals surface area contributed by atoms with E-state index in [1.807, 2.05) is 6.92 Å². The molecule has 0 radical (unpaired) electrons. The second-order valence-electron chi connectivity index (χ2n) is 2.25. The van der Waals surface area contributed by atoms with E-state index in [1.54, 1.807) is 14.1 Å². The van der Waals surface area contributed by atoms with Crippen LogP contribution in [0.3, 0.4) is 0 Å². The van der Waals surface area contributed by atoms with Gasteiger partial charge < -0.3 is 10.6 Å². The molecule has 0 spiro atoms. The molecule has 0 bridgehead atoms. The Hall–Kier alpha value is -0.570. The lowest BCUT2D eigenvalue weighted by Gasteiger charge is -2.14. The number of carbonyl (C=O) groups is 1. The summed E-state index contributed by atoms with van der Waals surface area (Å²) in [5.41, 5.74) is 5.43. The lowest BCUT2D eigenvalue weighted by Crippen LogP contribution is -2.39. The molecule has 0 rings (SSSR count). The molecule has 3 nitrogen and oxygen atoms in total. The number of carbonyl (C=O) groups excluding carboxylic acids is 1. The molecule has 0 aliphatic rings. The molecule has 0 aliphatic heterocycles. The van der Waals surface area contributed by atoms with Crippen molar-refractivity contribution < 1.29 is 4.79 Å². The SMILES string of the molecule is CC[C@@H](N)C(=O)N(C)C. The summed E-state index contributed by atoms with van der Waals surface area (Å²) < 4.78 is 0. The summed E-state index contributed by atoms with van der Waals surface area (Å²) in [6, 6.07) is -0.319. The van der Waals surface area contributed by atoms with Gasteiger partial charge in [-0.1, -0.05) is 6.92 Å². The Morgan fingerprint density at radius 1 is 1.67 bits per heavy atom. The Balaban J connectivity index is 3.73. The third-order valence-corrected chi connectivity index (χ3v) is 1.20. The fourth-order valence-electron chi connectivity index (χ4n) is 0.506. The Bertz CT molecular complexity index is 101. The standard InChI is InChI=1S/C6H14N2O/c1-4-5(7)6(9)8(2)3/h5H,4,7H2,1-3H3/t5-/m1/s1. The van der Waals surface area contributed by atoms with Crippen molar-refractivity contribution in [2.45, 2.75) is 19.4 Å². The van der Waals surface area contributed by atoms with Crippen molar-refractivity contribution in [2.75, 3.05) is 14.1 Å². The van der Waals surface area contributed by atoms with E-state index in [-0.39, 0.29) is 11.9 Å². The fraction of sp³-hybridized carbons (Fsp3) is 0.833. The van der Waals surface area contributed by atoms with Crippen LogP contribution in [0.1, 0.15) is 13.3 Å². The highest BCUT2D eigenvalue weighted by molar-refractivity contribution is 5.80. The fourth-order valence-corrected chi connectivity index (χ4v) is 0.506. The van der Waals surface area contributed by atoms with Crippen LogP contribution in [0.4, 0.5) is 0 Å². The summed E-state index contributed by atoms with van der Waals surface area (Å²) in [6.07, 6.45) is 0.705. The number of hydrogen-bond acceptors (Lipinski definition) is 2. The normalized spacial score (nSPS) is 12.9. The van der Waals surface area contributed by atoms with Crippen molar-refractivity contribution >= 4 is 5.91 Å². The minimum atomic E-state index is -0.319. The maximum atomic E-state index is 10.9. The van der Waals surface area contributed by atoms with Gasteiger partial charge in [-0.15, -0.1) is 0 Å². The molecule has 0 saturated heterocycles. The number of amides is 1. The molecule has 1 amide bonds. The van der Waals surface area contributed by atoms with Crippen LogP contribution in [0.2, 0.25) is 0 Å². The summed E-state index contributed by atoms with van der Waals surface area (Å²) in [4.78, 5) is 12.4. The van der Waals surface area contributed by atoms with Crippen LogP contribution in [-0.2, 0) is 4.79 Å². The Labute approximate surface area is 55.8 Å². The highest BCUT2D eigenvalue weighted by Gasteiger charge is 2.11. The van der Waals surface area contributed by atoms with E-state index in [9.17, 15) is 4.79 Å². The predicted octanol–water partition coefficient (Wildman–Crippen LogP) is -0.188. The maximum Gasteiger partial charge on any atom is 0.238 e. The quantitative estimate of drug-likeness (QED) is 0.563. The van der Waals surface area contributed by atoms with E-state index in [1.165, 1.54) is 4.90 Å². The van der Waals surface area contributed by atoms with Gasteiger partial charge in [-0.2, -0.15) is 0 Å². The van der Waals surface area contributed by atoms with Crippen molar-refractivity contribution in [3.05, 3.63) is 0 Å². The molecule has 54 valence electrons. The number of nitrogens with two attached hydrogens (primary N) is 1. The van der Waals surface area contributed by atoms with Crippen LogP contribution in [0.25, 0.3) is 0 Å². The first-order valence-corrected chi connectivity index (χ1v) is 3.06. The zero-order valence-corrected chi connectivity index (χ0v) is 6.22. The first kappa shape index (κ1) is 8.43. The molecule has 0 aromatic carbocycles. The van der Waals surface area contributed by atoms with Gasteiger partial charge in [0.25, 0.3) is 0 Å². The molecule has 0 fully saturated rings. The van der Waals surface area contributed by atoms with Gasteiger partial charge in [-0.05, 0) is 6.42 Å². The second kappa shape index (κ2) is 3.45. The van der Waals surface area contributed by atoms with Gasteiger partial charge in [0.05, 0.1) is 6.04 Å². The van der Waals surface area contributed by atoms with Gasteiger partial charge in [0.2, 0.25) is 5.91 Å². The van der Waals surface area contributed by atoms with Crippen molar-refractivity contribution in [3.63, 3.8) is 0 Å². The molecule has 0 heterocycles. The third kappa shape index (κ3) is 2.46. The monoisotopic (exact) mass is 130 g/mol. The number of rotatable bonds is 2. The summed E-state index contributed by atoms with van der Waals surface area (Å²) in [5.74, 6) is -0.00231. The average molecular weight is 130 g/mol. The van der Waals surface area contributed by atoms with E-state index >= 15 is 0 Å². The summed E-state index contributed by atoms with van der Waals surface area (Å²) in [6.45, 7) is 1.89. The van der Waals surface area contributed by atoms with Gasteiger partial charge in [0.1, 0.15) is 0 Å². The minimum Gasteiger partial charge on any atom is -0.347 e. The largest absolute Gasteiger partial charge is 0.347 e. The smallest absolute Gasteiger partial charge is 0.238 e. The van der Waals surface area contributed by atoms with E-state index in [2.05, 4.69) is 0 Å². The highest BCUT2D eigenvalue weighted by atomic mass is 16.2. The number of likely N-dealkylation sites (N-methyl/N-ethyl adjacent to an activating group) is 1. The molecule has 9 heavy (non-hydrogen) atoms. The summed E-state index contributed by atoms with van der Waals surface area (Å²) >= 11 is 0.